The highest BCUT2D eigenvalue weighted by Crippen LogP contribution is 2.32. The van der Waals surface area contributed by atoms with Crippen molar-refractivity contribution in [3.05, 3.63) is 73.8 Å². The number of hydrogen-bond acceptors (Lipinski definition) is 7. The first-order valence-corrected chi connectivity index (χ1v) is 18.4. The Balaban J connectivity index is 1.87. The predicted octanol–water partition coefficient (Wildman–Crippen LogP) is 6.98. The van der Waals surface area contributed by atoms with Gasteiger partial charge in [0.15, 0.2) is 0 Å². The summed E-state index contributed by atoms with van der Waals surface area (Å²) in [6, 6.07) is 6.95. The maximum absolute atomic E-state index is 15.5. The number of halogens is 2. The zero-order chi connectivity index (χ0) is 33.6. The van der Waals surface area contributed by atoms with Gasteiger partial charge in [-0.1, -0.05) is 18.5 Å². The molecule has 0 aliphatic carbocycles. The van der Waals surface area contributed by atoms with E-state index in [2.05, 4.69) is 32.2 Å². The summed E-state index contributed by atoms with van der Waals surface area (Å²) in [5.41, 5.74) is 3.19. The predicted molar refractivity (Wildman–Crippen MR) is 184 cm³/mol. The maximum atomic E-state index is 15.5. The molecule has 1 fully saturated rings. The van der Waals surface area contributed by atoms with Crippen LogP contribution in [0.15, 0.2) is 35.3 Å². The van der Waals surface area contributed by atoms with Crippen molar-refractivity contribution in [2.45, 2.75) is 72.0 Å². The van der Waals surface area contributed by atoms with E-state index in [1.165, 1.54) is 0 Å². The summed E-state index contributed by atoms with van der Waals surface area (Å²) < 4.78 is 40.5. The molecule has 0 radical (unpaired) electrons. The molecule has 1 aliphatic heterocycles. The number of morpholine rings is 1. The second-order valence-electron chi connectivity index (χ2n) is 12.6. The molecule has 0 bridgehead atoms. The number of nitrogens with zero attached hydrogens (tertiary/aromatic N) is 2. The van der Waals surface area contributed by atoms with Crippen LogP contribution in [0.25, 0.3) is 10.9 Å². The van der Waals surface area contributed by atoms with Gasteiger partial charge in [0.25, 0.3) is 0 Å². The average Bonchev–Trinajstić information content (AvgIpc) is 3.03. The largest absolute Gasteiger partial charge is 0.475 e. The summed E-state index contributed by atoms with van der Waals surface area (Å²) in [6.07, 6.45) is 2.46. The van der Waals surface area contributed by atoms with Crippen LogP contribution in [0.5, 0.6) is 0 Å². The molecule has 46 heavy (non-hydrogen) atoms. The highest BCUT2D eigenvalue weighted by molar-refractivity contribution is 6.53. The molecule has 1 aromatic heterocycles. The number of hydrogen-bond donors (Lipinski definition) is 0. The topological polar surface area (TPSA) is 79.2 Å². The van der Waals surface area contributed by atoms with Crippen LogP contribution in [0.4, 0.5) is 10.1 Å². The van der Waals surface area contributed by atoms with Crippen LogP contribution < -0.4 is 10.3 Å². The molecule has 1 aliphatic rings. The molecule has 1 saturated heterocycles. The molecular weight excluding hydrogens is 627 g/mol. The Labute approximate surface area is 278 Å². The van der Waals surface area contributed by atoms with Gasteiger partial charge in [-0.3, -0.25) is 4.79 Å². The molecule has 3 aromatic rings. The van der Waals surface area contributed by atoms with Crippen LogP contribution >= 0.6 is 11.6 Å². The van der Waals surface area contributed by atoms with Crippen LogP contribution in [0, 0.1) is 5.82 Å². The quantitative estimate of drug-likeness (QED) is 0.143. The van der Waals surface area contributed by atoms with Gasteiger partial charge in [-0.15, -0.1) is 0 Å². The van der Waals surface area contributed by atoms with Crippen LogP contribution in [-0.2, 0) is 31.5 Å². The van der Waals surface area contributed by atoms with Gasteiger partial charge >= 0.3 is 15.0 Å². The second kappa shape index (κ2) is 15.9. The van der Waals surface area contributed by atoms with Gasteiger partial charge in [0.1, 0.15) is 23.0 Å². The Morgan fingerprint density at radius 2 is 1.76 bits per heavy atom. The molecule has 0 spiro atoms. The smallest absolute Gasteiger partial charge is 0.462 e. The summed E-state index contributed by atoms with van der Waals surface area (Å²) in [6.45, 7) is 18.2. The van der Waals surface area contributed by atoms with Crippen LogP contribution in [0.3, 0.4) is 0 Å². The summed E-state index contributed by atoms with van der Waals surface area (Å²) in [5.74, 6) is -1.17. The molecule has 11 heteroatoms. The minimum atomic E-state index is -1.18. The molecule has 250 valence electrons. The fourth-order valence-corrected chi connectivity index (χ4v) is 6.61. The van der Waals surface area contributed by atoms with E-state index in [0.717, 1.165) is 16.8 Å². The Bertz CT molecular complexity index is 1580. The van der Waals surface area contributed by atoms with Crippen molar-refractivity contribution in [1.82, 2.24) is 4.57 Å². The molecule has 0 N–H and O–H groups in total. The van der Waals surface area contributed by atoms with E-state index in [-0.39, 0.29) is 34.7 Å². The third kappa shape index (κ3) is 8.38. The highest BCUT2D eigenvalue weighted by Gasteiger charge is 2.40. The first kappa shape index (κ1) is 36.1. The summed E-state index contributed by atoms with van der Waals surface area (Å²) in [4.78, 5) is 29.2. The van der Waals surface area contributed by atoms with Gasteiger partial charge in [-0.05, 0) is 82.0 Å². The number of anilines is 1. The Kier molecular flexibility index (Phi) is 12.5. The van der Waals surface area contributed by atoms with Crippen molar-refractivity contribution in [3.8, 4) is 0 Å². The molecule has 0 unspecified atom stereocenters. The minimum absolute atomic E-state index is 0.0179. The van der Waals surface area contributed by atoms with E-state index in [4.69, 9.17) is 30.2 Å². The van der Waals surface area contributed by atoms with E-state index >= 15 is 4.39 Å². The Morgan fingerprint density at radius 3 is 2.39 bits per heavy atom. The third-order valence-electron chi connectivity index (χ3n) is 8.53. The normalized spacial score (nSPS) is 14.5. The number of fused-ring (bicyclic) bond motifs is 1. The molecule has 2 heterocycles. The van der Waals surface area contributed by atoms with E-state index < -0.39 is 26.3 Å². The standard InChI is InChI=1S/C35H47ClFN2O6Si/c1-8-23-18-31-28(17-24(23)15-25-16-26(19-30(36)32(25)37)38-11-13-43-14-12-38)33(40)29(34(41)44-10-3)20-39(31)27(21-42-9-2)22-45-46(7)35(4,5)6/h16-20,27H,8-15,21-22H2,1-7H3/q+1/t27-/m0/s1. The Morgan fingerprint density at radius 1 is 1.04 bits per heavy atom. The molecule has 2 aromatic carbocycles. The summed E-state index contributed by atoms with van der Waals surface area (Å²) in [5, 5.41) is 0.424. The lowest BCUT2D eigenvalue weighted by atomic mass is 9.94. The van der Waals surface area contributed by atoms with Crippen molar-refractivity contribution < 1.29 is 27.8 Å². The third-order valence-corrected chi connectivity index (χ3v) is 11.5. The first-order chi connectivity index (χ1) is 21.9. The zero-order valence-electron chi connectivity index (χ0n) is 28.1. The molecule has 1 atom stereocenters. The number of aromatic nitrogens is 1. The number of ether oxygens (including phenoxy) is 3. The number of carbonyl (C=O) groups excluding carboxylic acids is 1. The van der Waals surface area contributed by atoms with Gasteiger partial charge in [-0.25, -0.2) is 13.6 Å². The van der Waals surface area contributed by atoms with E-state index in [9.17, 15) is 9.59 Å². The van der Waals surface area contributed by atoms with Gasteiger partial charge in [0, 0.05) is 43.4 Å². The number of benzene rings is 2. The fraction of sp³-hybridized carbons (Fsp3) is 0.543. The summed E-state index contributed by atoms with van der Waals surface area (Å²) in [7, 11) is -1.18. The Hall–Kier alpha value is -2.76. The van der Waals surface area contributed by atoms with Gasteiger partial charge < -0.3 is 23.7 Å². The van der Waals surface area contributed by atoms with Crippen molar-refractivity contribution in [3.63, 3.8) is 0 Å². The lowest BCUT2D eigenvalue weighted by Gasteiger charge is -2.29. The fourth-order valence-electron chi connectivity index (χ4n) is 5.50. The SMILES string of the molecule is CCOC[C@@H](CO[Si+](C)C(C)(C)C)n1cc(C(=O)OCC)c(=O)c2cc(Cc3cc(N4CCOCC4)cc(Cl)c3F)c(CC)cc21. The number of rotatable bonds is 13. The molecule has 0 saturated carbocycles. The maximum Gasteiger partial charge on any atom is 0.475 e. The van der Waals surface area contributed by atoms with Crippen LogP contribution in [0.2, 0.25) is 16.6 Å². The first-order valence-electron chi connectivity index (χ1n) is 16.1. The van der Waals surface area contributed by atoms with Crippen LogP contribution in [0.1, 0.15) is 74.6 Å². The minimum Gasteiger partial charge on any atom is -0.462 e. The average molecular weight is 674 g/mol. The van der Waals surface area contributed by atoms with Crippen molar-refractivity contribution >= 4 is 43.2 Å². The highest BCUT2D eigenvalue weighted by atomic mass is 35.5. The monoisotopic (exact) mass is 673 g/mol. The summed E-state index contributed by atoms with van der Waals surface area (Å²) >= 11 is 6.40. The van der Waals surface area contributed by atoms with Gasteiger partial charge in [0.2, 0.25) is 5.43 Å². The van der Waals surface area contributed by atoms with E-state index in [0.29, 0.717) is 69.0 Å². The van der Waals surface area contributed by atoms with Gasteiger partial charge in [0.05, 0.1) is 49.6 Å². The zero-order valence-corrected chi connectivity index (χ0v) is 29.9. The van der Waals surface area contributed by atoms with Crippen molar-refractivity contribution in [2.75, 3.05) is 57.6 Å². The van der Waals surface area contributed by atoms with Gasteiger partial charge in [-0.2, -0.15) is 0 Å². The van der Waals surface area contributed by atoms with Crippen molar-refractivity contribution in [2.24, 2.45) is 0 Å². The van der Waals surface area contributed by atoms with Crippen molar-refractivity contribution in [1.29, 1.82) is 0 Å². The molecule has 0 amide bonds. The lowest BCUT2D eigenvalue weighted by Crippen LogP contribution is -2.36. The molecule has 4 rings (SSSR count). The molecular formula is C35H47ClFN2O6Si+. The van der Waals surface area contributed by atoms with E-state index in [1.54, 1.807) is 25.3 Å². The second-order valence-corrected chi connectivity index (χ2v) is 15.9. The van der Waals surface area contributed by atoms with E-state index in [1.807, 2.05) is 30.5 Å². The lowest BCUT2D eigenvalue weighted by molar-refractivity contribution is 0.0522. The number of aryl methyl sites for hydroxylation is 1. The van der Waals surface area contributed by atoms with Crippen LogP contribution in [-0.4, -0.2) is 72.3 Å². The number of esters is 1. The number of carbonyl (C=O) groups is 1. The molecule has 8 nitrogen and oxygen atoms in total. The number of pyridine rings is 1.